The van der Waals surface area contributed by atoms with Gasteiger partial charge in [-0.15, -0.1) is 0 Å². The van der Waals surface area contributed by atoms with Gasteiger partial charge in [0.15, 0.2) is 0 Å². The summed E-state index contributed by atoms with van der Waals surface area (Å²) in [5.74, 6) is 0. The zero-order valence-electron chi connectivity index (χ0n) is 13.2. The Morgan fingerprint density at radius 2 is 1.52 bits per heavy atom. The number of benzene rings is 2. The Morgan fingerprint density at radius 3 is 2.08 bits per heavy atom. The van der Waals surface area contributed by atoms with Gasteiger partial charge >= 0.3 is 6.18 Å². The van der Waals surface area contributed by atoms with E-state index in [4.69, 9.17) is 0 Å². The van der Waals surface area contributed by atoms with Crippen molar-refractivity contribution < 1.29 is 13.2 Å². The molecule has 0 aliphatic heterocycles. The minimum atomic E-state index is -4.46. The van der Waals surface area contributed by atoms with Crippen molar-refractivity contribution in [2.45, 2.75) is 19.6 Å². The monoisotopic (exact) mass is 471 g/mol. The second-order valence-corrected chi connectivity index (χ2v) is 7.31. The first-order valence-electron chi connectivity index (χ1n) is 7.54. The summed E-state index contributed by atoms with van der Waals surface area (Å²) >= 11 is 6.36. The summed E-state index contributed by atoms with van der Waals surface area (Å²) in [4.78, 5) is 0. The molecule has 0 radical (unpaired) electrons. The Labute approximate surface area is 160 Å². The van der Waals surface area contributed by atoms with Gasteiger partial charge in [-0.2, -0.15) is 13.2 Å². The van der Waals surface area contributed by atoms with E-state index in [9.17, 15) is 13.2 Å². The van der Waals surface area contributed by atoms with Crippen LogP contribution in [0.25, 0.3) is 11.3 Å². The molecule has 0 fully saturated rings. The number of halogens is 5. The van der Waals surface area contributed by atoms with Crippen LogP contribution in [0.2, 0.25) is 0 Å². The molecule has 130 valence electrons. The summed E-state index contributed by atoms with van der Waals surface area (Å²) in [5, 5.41) is 0. The van der Waals surface area contributed by atoms with Gasteiger partial charge in [0.25, 0.3) is 0 Å². The molecule has 6 heteroatoms. The topological polar surface area (TPSA) is 4.93 Å². The van der Waals surface area contributed by atoms with Crippen molar-refractivity contribution >= 4 is 31.9 Å². The van der Waals surface area contributed by atoms with Gasteiger partial charge in [-0.3, -0.25) is 0 Å². The van der Waals surface area contributed by atoms with Crippen LogP contribution in [0.1, 0.15) is 16.7 Å². The van der Waals surface area contributed by atoms with Gasteiger partial charge in [0.05, 0.1) is 14.8 Å². The lowest BCUT2D eigenvalue weighted by molar-refractivity contribution is -0.138. The van der Waals surface area contributed by atoms with Crippen molar-refractivity contribution in [2.75, 3.05) is 0 Å². The number of nitrogens with zero attached hydrogens (tertiary/aromatic N) is 1. The van der Waals surface area contributed by atoms with Crippen molar-refractivity contribution in [3.05, 3.63) is 80.4 Å². The van der Waals surface area contributed by atoms with Gasteiger partial charge in [0.2, 0.25) is 0 Å². The van der Waals surface area contributed by atoms with Gasteiger partial charge < -0.3 is 4.57 Å². The first-order chi connectivity index (χ1) is 11.8. The number of rotatable bonds is 3. The largest absolute Gasteiger partial charge is 0.420 e. The minimum absolute atomic E-state index is 0.0197. The highest BCUT2D eigenvalue weighted by Crippen LogP contribution is 2.46. The van der Waals surface area contributed by atoms with Gasteiger partial charge in [0.1, 0.15) is 5.56 Å². The van der Waals surface area contributed by atoms with E-state index >= 15 is 0 Å². The molecule has 1 heterocycles. The van der Waals surface area contributed by atoms with Crippen LogP contribution in [-0.4, -0.2) is 4.57 Å². The average molecular weight is 473 g/mol. The SMILES string of the molecule is Cc1ccc(-c2c(Br)c(C(F)(F)F)c(Br)n2Cc2ccccc2)cc1. The first kappa shape index (κ1) is 18.3. The Hall–Kier alpha value is -1.53. The zero-order chi connectivity index (χ0) is 18.2. The average Bonchev–Trinajstić information content (AvgIpc) is 2.80. The van der Waals surface area contributed by atoms with E-state index in [2.05, 4.69) is 31.9 Å². The fraction of sp³-hybridized carbons (Fsp3) is 0.158. The molecule has 1 aromatic heterocycles. The second kappa shape index (κ2) is 7.00. The van der Waals surface area contributed by atoms with E-state index in [0.717, 1.165) is 16.7 Å². The summed E-state index contributed by atoms with van der Waals surface area (Å²) in [6, 6.07) is 16.9. The Balaban J connectivity index is 2.22. The number of aryl methyl sites for hydroxylation is 1. The number of aromatic nitrogens is 1. The van der Waals surface area contributed by atoms with Crippen LogP contribution in [0.5, 0.6) is 0 Å². The van der Waals surface area contributed by atoms with Crippen molar-refractivity contribution in [3.8, 4) is 11.3 Å². The van der Waals surface area contributed by atoms with Crippen LogP contribution >= 0.6 is 31.9 Å². The maximum Gasteiger partial charge on any atom is 0.420 e. The van der Waals surface area contributed by atoms with E-state index in [0.29, 0.717) is 12.2 Å². The van der Waals surface area contributed by atoms with Gasteiger partial charge in [-0.25, -0.2) is 0 Å². The van der Waals surface area contributed by atoms with Crippen molar-refractivity contribution in [1.82, 2.24) is 4.57 Å². The minimum Gasteiger partial charge on any atom is -0.329 e. The van der Waals surface area contributed by atoms with Crippen molar-refractivity contribution in [2.24, 2.45) is 0 Å². The van der Waals surface area contributed by atoms with Crippen LogP contribution in [0.15, 0.2) is 63.7 Å². The van der Waals surface area contributed by atoms with Gasteiger partial charge in [-0.1, -0.05) is 60.2 Å². The maximum atomic E-state index is 13.5. The fourth-order valence-electron chi connectivity index (χ4n) is 2.71. The molecule has 0 unspecified atom stereocenters. The third kappa shape index (κ3) is 3.70. The smallest absolute Gasteiger partial charge is 0.329 e. The second-order valence-electron chi connectivity index (χ2n) is 5.76. The van der Waals surface area contributed by atoms with E-state index in [1.54, 1.807) is 4.57 Å². The van der Waals surface area contributed by atoms with Gasteiger partial charge in [0, 0.05) is 6.54 Å². The molecule has 3 aromatic rings. The molecular weight excluding hydrogens is 459 g/mol. The Kier molecular flexibility index (Phi) is 5.11. The van der Waals surface area contributed by atoms with E-state index in [1.165, 1.54) is 0 Å². The van der Waals surface area contributed by atoms with Gasteiger partial charge in [-0.05, 0) is 49.9 Å². The lowest BCUT2D eigenvalue weighted by Crippen LogP contribution is -2.07. The lowest BCUT2D eigenvalue weighted by atomic mass is 10.1. The Morgan fingerprint density at radius 1 is 0.920 bits per heavy atom. The molecule has 0 spiro atoms. The lowest BCUT2D eigenvalue weighted by Gasteiger charge is -2.12. The normalized spacial score (nSPS) is 11.8. The molecule has 1 nitrogen and oxygen atoms in total. The molecule has 0 bridgehead atoms. The fourth-order valence-corrected chi connectivity index (χ4v) is 4.56. The van der Waals surface area contributed by atoms with E-state index in [-0.39, 0.29) is 9.08 Å². The summed E-state index contributed by atoms with van der Waals surface area (Å²) in [5.41, 5.74) is 2.51. The standard InChI is InChI=1S/C19H14Br2F3N/c1-12-7-9-14(10-8-12)17-16(20)15(19(22,23)24)18(21)25(17)11-13-5-3-2-4-6-13/h2-10H,11H2,1H3. The third-order valence-corrected chi connectivity index (χ3v) is 5.53. The molecule has 3 rings (SSSR count). The van der Waals surface area contributed by atoms with Crippen LogP contribution in [0.3, 0.4) is 0 Å². The van der Waals surface area contributed by atoms with Crippen LogP contribution < -0.4 is 0 Å². The Bertz CT molecular complexity index is 882. The molecule has 0 amide bonds. The summed E-state index contributed by atoms with van der Waals surface area (Å²) in [6.07, 6.45) is -4.46. The first-order valence-corrected chi connectivity index (χ1v) is 9.13. The highest BCUT2D eigenvalue weighted by atomic mass is 79.9. The molecule has 2 aromatic carbocycles. The number of hydrogen-bond donors (Lipinski definition) is 0. The molecule has 25 heavy (non-hydrogen) atoms. The molecule has 0 aliphatic rings. The molecule has 0 aliphatic carbocycles. The quantitative estimate of drug-likeness (QED) is 0.384. The summed E-state index contributed by atoms with van der Waals surface area (Å²) in [6.45, 7) is 2.28. The van der Waals surface area contributed by atoms with Crippen LogP contribution in [0.4, 0.5) is 13.2 Å². The predicted molar refractivity (Wildman–Crippen MR) is 101 cm³/mol. The number of hydrogen-bond acceptors (Lipinski definition) is 0. The summed E-state index contributed by atoms with van der Waals surface area (Å²) in [7, 11) is 0. The number of alkyl halides is 3. The highest BCUT2D eigenvalue weighted by Gasteiger charge is 2.40. The van der Waals surface area contributed by atoms with Crippen LogP contribution in [0, 0.1) is 6.92 Å². The maximum absolute atomic E-state index is 13.5. The van der Waals surface area contributed by atoms with Crippen molar-refractivity contribution in [1.29, 1.82) is 0 Å². The molecule has 0 saturated heterocycles. The van der Waals surface area contributed by atoms with Crippen molar-refractivity contribution in [3.63, 3.8) is 0 Å². The molecular formula is C19H14Br2F3N. The highest BCUT2D eigenvalue weighted by molar-refractivity contribution is 9.11. The molecule has 0 saturated carbocycles. The van der Waals surface area contributed by atoms with E-state index in [1.807, 2.05) is 61.5 Å². The third-order valence-electron chi connectivity index (χ3n) is 3.93. The predicted octanol–water partition coefficient (Wildman–Crippen LogP) is 7.06. The van der Waals surface area contributed by atoms with Crippen LogP contribution in [-0.2, 0) is 12.7 Å². The zero-order valence-corrected chi connectivity index (χ0v) is 16.4. The molecule has 0 atom stereocenters. The summed E-state index contributed by atoms with van der Waals surface area (Å²) < 4.78 is 42.4. The van der Waals surface area contributed by atoms with E-state index < -0.39 is 11.7 Å². The molecule has 0 N–H and O–H groups in total.